The highest BCUT2D eigenvalue weighted by Crippen LogP contribution is 2.41. The van der Waals surface area contributed by atoms with E-state index in [9.17, 15) is 0 Å². The smallest absolute Gasteiger partial charge is 0.0956 e. The molecule has 92 valence electrons. The molecule has 1 heteroatoms. The second-order valence-electron chi connectivity index (χ2n) is 6.63. The molecule has 0 aromatic rings. The maximum absolute atomic E-state index is 5.27. The molecule has 0 saturated heterocycles. The highest BCUT2D eigenvalue weighted by molar-refractivity contribution is 5.23. The number of methoxy groups -OCH3 is 1. The summed E-state index contributed by atoms with van der Waals surface area (Å²) >= 11 is 0. The van der Waals surface area contributed by atoms with Gasteiger partial charge in [-0.1, -0.05) is 46.3 Å². The quantitative estimate of drug-likeness (QED) is 0.629. The minimum absolute atomic E-state index is 0.300. The second-order valence-corrected chi connectivity index (χ2v) is 6.63. The summed E-state index contributed by atoms with van der Waals surface area (Å²) < 4.78 is 5.27. The molecule has 0 aromatic carbocycles. The molecule has 16 heavy (non-hydrogen) atoms. The first-order valence-corrected chi connectivity index (χ1v) is 6.17. The van der Waals surface area contributed by atoms with Gasteiger partial charge in [0.2, 0.25) is 0 Å². The fourth-order valence-electron chi connectivity index (χ4n) is 2.77. The van der Waals surface area contributed by atoms with Crippen LogP contribution in [-0.4, -0.2) is 7.11 Å². The summed E-state index contributed by atoms with van der Waals surface area (Å²) in [6.45, 7) is 11.7. The summed E-state index contributed by atoms with van der Waals surface area (Å²) in [5.74, 6) is 1.11. The second kappa shape index (κ2) is 4.65. The summed E-state index contributed by atoms with van der Waals surface area (Å²) in [6, 6.07) is 0. The molecule has 0 fully saturated rings. The predicted octanol–water partition coefficient (Wildman–Crippen LogP) is 4.70. The maximum atomic E-state index is 5.27. The largest absolute Gasteiger partial charge is 0.501 e. The van der Waals surface area contributed by atoms with Gasteiger partial charge < -0.3 is 4.74 Å². The molecule has 0 unspecified atom stereocenters. The van der Waals surface area contributed by atoms with Crippen molar-refractivity contribution < 1.29 is 4.74 Å². The molecule has 0 aromatic heterocycles. The molecular weight excluding hydrogens is 196 g/mol. The fourth-order valence-corrected chi connectivity index (χ4v) is 2.77. The number of hydrogen-bond acceptors (Lipinski definition) is 1. The lowest BCUT2D eigenvalue weighted by molar-refractivity contribution is 0.242. The van der Waals surface area contributed by atoms with E-state index in [0.717, 1.165) is 18.6 Å². The number of rotatable bonds is 3. The molecule has 0 amide bonds. The molecule has 0 heterocycles. The lowest BCUT2D eigenvalue weighted by Gasteiger charge is -2.35. The Morgan fingerprint density at radius 1 is 1.06 bits per heavy atom. The van der Waals surface area contributed by atoms with Gasteiger partial charge >= 0.3 is 0 Å². The average molecular weight is 222 g/mol. The lowest BCUT2D eigenvalue weighted by Crippen LogP contribution is -2.23. The first-order valence-electron chi connectivity index (χ1n) is 6.17. The van der Waals surface area contributed by atoms with Crippen molar-refractivity contribution in [3.05, 3.63) is 23.5 Å². The molecule has 0 radical (unpaired) electrons. The van der Waals surface area contributed by atoms with Crippen molar-refractivity contribution in [2.45, 2.75) is 53.9 Å². The Kier molecular flexibility index (Phi) is 3.88. The zero-order valence-electron chi connectivity index (χ0n) is 11.7. The summed E-state index contributed by atoms with van der Waals surface area (Å²) in [5, 5.41) is 0. The first-order chi connectivity index (χ1) is 7.24. The van der Waals surface area contributed by atoms with Gasteiger partial charge in [0.25, 0.3) is 0 Å². The minimum atomic E-state index is 0.300. The van der Waals surface area contributed by atoms with Crippen molar-refractivity contribution in [1.82, 2.24) is 0 Å². The van der Waals surface area contributed by atoms with Crippen LogP contribution in [0.2, 0.25) is 0 Å². The van der Waals surface area contributed by atoms with Crippen molar-refractivity contribution in [2.75, 3.05) is 7.11 Å². The Morgan fingerprint density at radius 2 is 1.69 bits per heavy atom. The van der Waals surface area contributed by atoms with Gasteiger partial charge in [0.15, 0.2) is 0 Å². The van der Waals surface area contributed by atoms with E-state index in [1.165, 1.54) is 6.42 Å². The van der Waals surface area contributed by atoms with Gasteiger partial charge in [0.1, 0.15) is 0 Å². The molecule has 1 rings (SSSR count). The molecule has 0 bridgehead atoms. The number of allylic oxidation sites excluding steroid dienone is 3. The number of ether oxygens (including phenoxy) is 1. The van der Waals surface area contributed by atoms with Crippen LogP contribution in [0.25, 0.3) is 0 Å². The van der Waals surface area contributed by atoms with E-state index in [1.807, 2.05) is 0 Å². The van der Waals surface area contributed by atoms with Crippen LogP contribution < -0.4 is 0 Å². The summed E-state index contributed by atoms with van der Waals surface area (Å²) in [7, 11) is 1.75. The van der Waals surface area contributed by atoms with Crippen LogP contribution >= 0.6 is 0 Å². The van der Waals surface area contributed by atoms with Crippen LogP contribution in [0.4, 0.5) is 0 Å². The SMILES string of the molecule is COC1=CCC(C(C)(C)CC(C)(C)C)=CC1. The molecule has 0 atom stereocenters. The molecule has 1 aliphatic carbocycles. The standard InChI is InChI=1S/C15H26O/c1-14(2,3)11-15(4,5)12-7-9-13(16-6)10-8-12/h7,10H,8-9,11H2,1-6H3. The van der Waals surface area contributed by atoms with Gasteiger partial charge in [-0.2, -0.15) is 0 Å². The normalized spacial score (nSPS) is 17.9. The summed E-state index contributed by atoms with van der Waals surface area (Å²) in [4.78, 5) is 0. The van der Waals surface area contributed by atoms with Crippen LogP contribution in [-0.2, 0) is 4.74 Å². The van der Waals surface area contributed by atoms with Crippen molar-refractivity contribution in [1.29, 1.82) is 0 Å². The van der Waals surface area contributed by atoms with Crippen LogP contribution in [0, 0.1) is 10.8 Å². The predicted molar refractivity (Wildman–Crippen MR) is 70.3 cm³/mol. The maximum Gasteiger partial charge on any atom is 0.0956 e. The van der Waals surface area contributed by atoms with Gasteiger partial charge in [-0.3, -0.25) is 0 Å². The zero-order chi connectivity index (χ0) is 12.4. The van der Waals surface area contributed by atoms with Gasteiger partial charge in [-0.05, 0) is 29.7 Å². The Balaban J connectivity index is 2.69. The van der Waals surface area contributed by atoms with E-state index in [2.05, 4.69) is 46.8 Å². The zero-order valence-corrected chi connectivity index (χ0v) is 11.7. The van der Waals surface area contributed by atoms with Crippen LogP contribution in [0.15, 0.2) is 23.5 Å². The number of hydrogen-bond donors (Lipinski definition) is 0. The van der Waals surface area contributed by atoms with Crippen LogP contribution in [0.5, 0.6) is 0 Å². The van der Waals surface area contributed by atoms with E-state index in [-0.39, 0.29) is 0 Å². The Labute approximate surface area is 101 Å². The van der Waals surface area contributed by atoms with E-state index < -0.39 is 0 Å². The minimum Gasteiger partial charge on any atom is -0.501 e. The molecule has 0 saturated carbocycles. The Morgan fingerprint density at radius 3 is 2.06 bits per heavy atom. The first kappa shape index (κ1) is 13.3. The van der Waals surface area contributed by atoms with Gasteiger partial charge in [-0.15, -0.1) is 0 Å². The lowest BCUT2D eigenvalue weighted by atomic mass is 9.70. The van der Waals surface area contributed by atoms with Crippen molar-refractivity contribution >= 4 is 0 Å². The molecular formula is C15H26O. The third-order valence-corrected chi connectivity index (χ3v) is 3.20. The van der Waals surface area contributed by atoms with E-state index in [1.54, 1.807) is 12.7 Å². The average Bonchev–Trinajstić information content (AvgIpc) is 2.14. The Bertz CT molecular complexity index is 300. The topological polar surface area (TPSA) is 9.23 Å². The van der Waals surface area contributed by atoms with Crippen LogP contribution in [0.3, 0.4) is 0 Å². The third kappa shape index (κ3) is 3.70. The van der Waals surface area contributed by atoms with E-state index >= 15 is 0 Å². The van der Waals surface area contributed by atoms with Gasteiger partial charge in [0.05, 0.1) is 12.9 Å². The molecule has 0 N–H and O–H groups in total. The fraction of sp³-hybridized carbons (Fsp3) is 0.733. The molecule has 1 aliphatic rings. The Hall–Kier alpha value is -0.720. The summed E-state index contributed by atoms with van der Waals surface area (Å²) in [6.07, 6.45) is 7.80. The van der Waals surface area contributed by atoms with Crippen molar-refractivity contribution in [2.24, 2.45) is 10.8 Å². The third-order valence-electron chi connectivity index (χ3n) is 3.20. The van der Waals surface area contributed by atoms with E-state index in [4.69, 9.17) is 4.74 Å². The summed E-state index contributed by atoms with van der Waals surface area (Å²) in [5.41, 5.74) is 2.24. The van der Waals surface area contributed by atoms with Crippen molar-refractivity contribution in [3.8, 4) is 0 Å². The van der Waals surface area contributed by atoms with Gasteiger partial charge in [-0.25, -0.2) is 0 Å². The monoisotopic (exact) mass is 222 g/mol. The van der Waals surface area contributed by atoms with Gasteiger partial charge in [0, 0.05) is 6.42 Å². The molecule has 0 spiro atoms. The molecule has 1 nitrogen and oxygen atoms in total. The van der Waals surface area contributed by atoms with Crippen molar-refractivity contribution in [3.63, 3.8) is 0 Å². The highest BCUT2D eigenvalue weighted by atomic mass is 16.5. The van der Waals surface area contributed by atoms with E-state index in [0.29, 0.717) is 10.8 Å². The highest BCUT2D eigenvalue weighted by Gasteiger charge is 2.29. The van der Waals surface area contributed by atoms with Crippen LogP contribution in [0.1, 0.15) is 53.9 Å². The molecule has 0 aliphatic heterocycles.